The Kier molecular flexibility index (Phi) is 3.36. The predicted octanol–water partition coefficient (Wildman–Crippen LogP) is 3.41. The van der Waals surface area contributed by atoms with Crippen LogP contribution in [0.2, 0.25) is 0 Å². The highest BCUT2D eigenvalue weighted by Gasteiger charge is 2.27. The summed E-state index contributed by atoms with van der Waals surface area (Å²) >= 11 is 0. The molecule has 0 unspecified atom stereocenters. The highest BCUT2D eigenvalue weighted by atomic mass is 16.5. The minimum absolute atomic E-state index is 0.0671. The van der Waals surface area contributed by atoms with Crippen LogP contribution in [0.3, 0.4) is 0 Å². The number of hydrogen-bond acceptors (Lipinski definition) is 4. The lowest BCUT2D eigenvalue weighted by atomic mass is 10.1. The first-order valence-electron chi connectivity index (χ1n) is 6.68. The molecule has 1 heterocycles. The van der Waals surface area contributed by atoms with Gasteiger partial charge in [0.05, 0.1) is 12.2 Å². The van der Waals surface area contributed by atoms with Crippen molar-refractivity contribution in [3.05, 3.63) is 59.4 Å². The summed E-state index contributed by atoms with van der Waals surface area (Å²) < 4.78 is 11.1. The molecule has 0 spiro atoms. The van der Waals surface area contributed by atoms with Crippen molar-refractivity contribution in [3.8, 4) is 17.2 Å². The van der Waals surface area contributed by atoms with E-state index >= 15 is 0 Å². The summed E-state index contributed by atoms with van der Waals surface area (Å²) in [4.78, 5) is 12.3. The molecule has 1 aliphatic rings. The van der Waals surface area contributed by atoms with Crippen LogP contribution >= 0.6 is 0 Å². The van der Waals surface area contributed by atoms with E-state index in [-0.39, 0.29) is 17.3 Å². The quantitative estimate of drug-likeness (QED) is 0.876. The molecule has 0 fully saturated rings. The van der Waals surface area contributed by atoms with E-state index in [2.05, 4.69) is 0 Å². The molecule has 1 N–H and O–H groups in total. The van der Waals surface area contributed by atoms with Gasteiger partial charge in [-0.05, 0) is 31.2 Å². The first-order valence-corrected chi connectivity index (χ1v) is 6.68. The van der Waals surface area contributed by atoms with Gasteiger partial charge in [0.15, 0.2) is 5.76 Å². The Morgan fingerprint density at radius 1 is 1.24 bits per heavy atom. The van der Waals surface area contributed by atoms with Gasteiger partial charge in [-0.15, -0.1) is 0 Å². The normalized spacial score (nSPS) is 14.9. The monoisotopic (exact) mass is 282 g/mol. The lowest BCUT2D eigenvalue weighted by Gasteiger charge is -2.07. The molecule has 4 nitrogen and oxygen atoms in total. The largest absolute Gasteiger partial charge is 0.508 e. The Hall–Kier alpha value is -2.75. The molecule has 0 saturated heterocycles. The van der Waals surface area contributed by atoms with E-state index < -0.39 is 0 Å². The van der Waals surface area contributed by atoms with Crippen molar-refractivity contribution in [2.45, 2.75) is 6.92 Å². The Bertz CT molecular complexity index is 731. The number of aromatic hydroxyl groups is 1. The van der Waals surface area contributed by atoms with Crippen molar-refractivity contribution in [1.82, 2.24) is 0 Å². The van der Waals surface area contributed by atoms with E-state index in [0.717, 1.165) is 5.56 Å². The molecule has 0 amide bonds. The highest BCUT2D eigenvalue weighted by molar-refractivity contribution is 6.14. The Morgan fingerprint density at radius 3 is 2.86 bits per heavy atom. The Labute approximate surface area is 122 Å². The summed E-state index contributed by atoms with van der Waals surface area (Å²) in [6, 6.07) is 11.9. The molecule has 2 aromatic carbocycles. The molecule has 3 rings (SSSR count). The van der Waals surface area contributed by atoms with E-state index in [1.54, 1.807) is 12.1 Å². The van der Waals surface area contributed by atoms with E-state index in [1.807, 2.05) is 31.2 Å². The fourth-order valence-electron chi connectivity index (χ4n) is 2.20. The number of fused-ring (bicyclic) bond motifs is 1. The zero-order chi connectivity index (χ0) is 14.8. The van der Waals surface area contributed by atoms with E-state index in [9.17, 15) is 9.90 Å². The summed E-state index contributed by atoms with van der Waals surface area (Å²) in [5.74, 6) is 1.17. The Morgan fingerprint density at radius 2 is 2.05 bits per heavy atom. The zero-order valence-corrected chi connectivity index (χ0v) is 11.5. The number of para-hydroxylation sites is 1. The topological polar surface area (TPSA) is 55.8 Å². The van der Waals surface area contributed by atoms with Gasteiger partial charge in [-0.3, -0.25) is 4.79 Å². The molecular formula is C17H14O4. The minimum Gasteiger partial charge on any atom is -0.508 e. The van der Waals surface area contributed by atoms with Gasteiger partial charge in [0, 0.05) is 11.6 Å². The van der Waals surface area contributed by atoms with Gasteiger partial charge in [0.1, 0.15) is 17.2 Å². The smallest absolute Gasteiger partial charge is 0.231 e. The maximum Gasteiger partial charge on any atom is 0.231 e. The number of carbonyl (C=O) groups excluding carboxylic acids is 1. The number of Topliss-reactive ketones (excluding diaryl/α,β-unsaturated/α-hetero) is 1. The van der Waals surface area contributed by atoms with Gasteiger partial charge in [0.25, 0.3) is 0 Å². The molecular weight excluding hydrogens is 268 g/mol. The summed E-state index contributed by atoms with van der Waals surface area (Å²) in [7, 11) is 0. The summed E-state index contributed by atoms with van der Waals surface area (Å²) in [6.07, 6.45) is 1.66. The van der Waals surface area contributed by atoms with Crippen LogP contribution in [0.5, 0.6) is 17.2 Å². The molecule has 0 aromatic heterocycles. The van der Waals surface area contributed by atoms with Gasteiger partial charge >= 0.3 is 0 Å². The first-order chi connectivity index (χ1) is 10.2. The average Bonchev–Trinajstić information content (AvgIpc) is 2.77. The number of ether oxygens (including phenoxy) is 2. The highest BCUT2D eigenvalue weighted by Crippen LogP contribution is 2.35. The lowest BCUT2D eigenvalue weighted by Crippen LogP contribution is -1.99. The zero-order valence-electron chi connectivity index (χ0n) is 11.5. The SMILES string of the molecule is CCOc1ccccc1/C=C1/Oc2cc(O)ccc2C1=O. The van der Waals surface area contributed by atoms with Crippen molar-refractivity contribution < 1.29 is 19.4 Å². The summed E-state index contributed by atoms with van der Waals surface area (Å²) in [5, 5.41) is 9.44. The second kappa shape index (κ2) is 5.32. The molecule has 2 aromatic rings. The van der Waals surface area contributed by atoms with Crippen LogP contribution in [-0.4, -0.2) is 17.5 Å². The summed E-state index contributed by atoms with van der Waals surface area (Å²) in [5.41, 5.74) is 1.23. The van der Waals surface area contributed by atoms with Crippen LogP contribution < -0.4 is 9.47 Å². The molecule has 1 aliphatic heterocycles. The number of hydrogen-bond donors (Lipinski definition) is 1. The third-order valence-electron chi connectivity index (χ3n) is 3.16. The van der Waals surface area contributed by atoms with Crippen molar-refractivity contribution in [2.75, 3.05) is 6.61 Å². The van der Waals surface area contributed by atoms with E-state index in [1.165, 1.54) is 12.1 Å². The summed E-state index contributed by atoms with van der Waals surface area (Å²) in [6.45, 7) is 2.45. The maximum absolute atomic E-state index is 12.3. The van der Waals surface area contributed by atoms with Crippen LogP contribution in [0.15, 0.2) is 48.2 Å². The fraction of sp³-hybridized carbons (Fsp3) is 0.118. The maximum atomic E-state index is 12.3. The predicted molar refractivity (Wildman–Crippen MR) is 78.7 cm³/mol. The molecule has 0 aliphatic carbocycles. The van der Waals surface area contributed by atoms with Gasteiger partial charge in [-0.2, -0.15) is 0 Å². The van der Waals surface area contributed by atoms with Gasteiger partial charge in [-0.25, -0.2) is 0 Å². The van der Waals surface area contributed by atoms with Crippen LogP contribution in [0, 0.1) is 0 Å². The van der Waals surface area contributed by atoms with Crippen molar-refractivity contribution in [3.63, 3.8) is 0 Å². The number of phenolic OH excluding ortho intramolecular Hbond substituents is 1. The molecule has 106 valence electrons. The van der Waals surface area contributed by atoms with E-state index in [4.69, 9.17) is 9.47 Å². The van der Waals surface area contributed by atoms with Crippen molar-refractivity contribution >= 4 is 11.9 Å². The number of benzene rings is 2. The lowest BCUT2D eigenvalue weighted by molar-refractivity contribution is 0.101. The number of rotatable bonds is 3. The van der Waals surface area contributed by atoms with Crippen LogP contribution in [0.1, 0.15) is 22.8 Å². The average molecular weight is 282 g/mol. The van der Waals surface area contributed by atoms with Crippen LogP contribution in [0.25, 0.3) is 6.08 Å². The van der Waals surface area contributed by atoms with Crippen molar-refractivity contribution in [2.24, 2.45) is 0 Å². The van der Waals surface area contributed by atoms with Crippen LogP contribution in [-0.2, 0) is 0 Å². The molecule has 21 heavy (non-hydrogen) atoms. The third-order valence-corrected chi connectivity index (χ3v) is 3.16. The molecule has 0 bridgehead atoms. The van der Waals surface area contributed by atoms with Crippen molar-refractivity contribution in [1.29, 1.82) is 0 Å². The standard InChI is InChI=1S/C17H14O4/c1-2-20-14-6-4-3-5-11(14)9-16-17(19)13-8-7-12(18)10-15(13)21-16/h3-10,18H,2H2,1H3/b16-9+. The molecule has 0 saturated carbocycles. The first kappa shape index (κ1) is 13.2. The van der Waals surface area contributed by atoms with Gasteiger partial charge < -0.3 is 14.6 Å². The molecule has 0 atom stereocenters. The molecule has 0 radical (unpaired) electrons. The van der Waals surface area contributed by atoms with Gasteiger partial charge in [0.2, 0.25) is 5.78 Å². The second-order valence-electron chi connectivity index (χ2n) is 4.59. The number of carbonyl (C=O) groups is 1. The van der Waals surface area contributed by atoms with E-state index in [0.29, 0.717) is 23.7 Å². The fourth-order valence-corrected chi connectivity index (χ4v) is 2.20. The van der Waals surface area contributed by atoms with Crippen LogP contribution in [0.4, 0.5) is 0 Å². The number of allylic oxidation sites excluding steroid dienone is 1. The minimum atomic E-state index is -0.198. The molecule has 4 heteroatoms. The third kappa shape index (κ3) is 2.48. The second-order valence-corrected chi connectivity index (χ2v) is 4.59. The number of phenols is 1. The van der Waals surface area contributed by atoms with Gasteiger partial charge in [-0.1, -0.05) is 18.2 Å². The Balaban J connectivity index is 1.98. The number of ketones is 1.